The average molecular weight is 443 g/mol. The number of amides is 2. The summed E-state index contributed by atoms with van der Waals surface area (Å²) in [5, 5.41) is 2.96. The highest BCUT2D eigenvalue weighted by Crippen LogP contribution is 2.27. The standard InChI is InChI=1S/C25H34N2O5/c1-7-18(3)26-25(29)19(4)27(15-20-10-8-9-17(2)11-20)24(28)16-32-23-13-21(30-5)12-22(14-23)31-6/h8-14,18-19H,7,15-16H2,1-6H3,(H,26,29)/t18-,19+/m1/s1. The Bertz CT molecular complexity index is 893. The van der Waals surface area contributed by atoms with Crippen LogP contribution in [0.5, 0.6) is 17.2 Å². The first-order chi connectivity index (χ1) is 15.3. The van der Waals surface area contributed by atoms with Crippen LogP contribution >= 0.6 is 0 Å². The zero-order valence-corrected chi connectivity index (χ0v) is 19.8. The summed E-state index contributed by atoms with van der Waals surface area (Å²) in [6.07, 6.45) is 0.811. The average Bonchev–Trinajstić information content (AvgIpc) is 2.80. The molecule has 0 aliphatic heterocycles. The molecule has 0 aromatic heterocycles. The second kappa shape index (κ2) is 12.0. The molecule has 2 rings (SSSR count). The fourth-order valence-corrected chi connectivity index (χ4v) is 3.15. The molecular weight excluding hydrogens is 408 g/mol. The molecule has 0 saturated heterocycles. The third kappa shape index (κ3) is 7.18. The molecule has 2 aromatic rings. The van der Waals surface area contributed by atoms with Gasteiger partial charge in [0.1, 0.15) is 23.3 Å². The number of nitrogens with one attached hydrogen (secondary N) is 1. The van der Waals surface area contributed by atoms with E-state index in [1.165, 1.54) is 0 Å². The van der Waals surface area contributed by atoms with Gasteiger partial charge in [0, 0.05) is 30.8 Å². The Kier molecular flexibility index (Phi) is 9.38. The minimum atomic E-state index is -0.652. The van der Waals surface area contributed by atoms with E-state index < -0.39 is 6.04 Å². The molecule has 0 spiro atoms. The van der Waals surface area contributed by atoms with Crippen molar-refractivity contribution in [1.82, 2.24) is 10.2 Å². The number of hydrogen-bond acceptors (Lipinski definition) is 5. The van der Waals surface area contributed by atoms with Crippen LogP contribution in [0.1, 0.15) is 38.3 Å². The molecule has 0 saturated carbocycles. The highest BCUT2D eigenvalue weighted by molar-refractivity contribution is 5.88. The molecule has 0 fully saturated rings. The minimum absolute atomic E-state index is 0.0290. The molecule has 2 aromatic carbocycles. The maximum Gasteiger partial charge on any atom is 0.261 e. The topological polar surface area (TPSA) is 77.1 Å². The summed E-state index contributed by atoms with van der Waals surface area (Å²) in [5.74, 6) is 1.08. The number of carbonyl (C=O) groups excluding carboxylic acids is 2. The van der Waals surface area contributed by atoms with Gasteiger partial charge in [0.25, 0.3) is 5.91 Å². The summed E-state index contributed by atoms with van der Waals surface area (Å²) in [7, 11) is 3.09. The lowest BCUT2D eigenvalue weighted by atomic mass is 10.1. The third-order valence-corrected chi connectivity index (χ3v) is 5.29. The molecular formula is C25H34N2O5. The van der Waals surface area contributed by atoms with E-state index in [0.717, 1.165) is 17.5 Å². The summed E-state index contributed by atoms with van der Waals surface area (Å²) in [6.45, 7) is 7.76. The van der Waals surface area contributed by atoms with Crippen molar-refractivity contribution < 1.29 is 23.8 Å². The normalized spacial score (nSPS) is 12.4. The van der Waals surface area contributed by atoms with Crippen LogP contribution < -0.4 is 19.5 Å². The molecule has 174 valence electrons. The zero-order chi connectivity index (χ0) is 23.7. The van der Waals surface area contributed by atoms with Gasteiger partial charge in [-0.3, -0.25) is 9.59 Å². The highest BCUT2D eigenvalue weighted by Gasteiger charge is 2.27. The number of rotatable bonds is 11. The van der Waals surface area contributed by atoms with Crippen molar-refractivity contribution in [3.05, 3.63) is 53.6 Å². The van der Waals surface area contributed by atoms with E-state index in [1.807, 2.05) is 45.0 Å². The summed E-state index contributed by atoms with van der Waals surface area (Å²) >= 11 is 0. The van der Waals surface area contributed by atoms with Crippen molar-refractivity contribution in [2.45, 2.75) is 52.7 Å². The van der Waals surface area contributed by atoms with Gasteiger partial charge in [0.15, 0.2) is 6.61 Å². The van der Waals surface area contributed by atoms with Crippen molar-refractivity contribution in [2.24, 2.45) is 0 Å². The van der Waals surface area contributed by atoms with Gasteiger partial charge in [-0.1, -0.05) is 36.8 Å². The molecule has 2 atom stereocenters. The van der Waals surface area contributed by atoms with Crippen LogP contribution in [0.25, 0.3) is 0 Å². The molecule has 7 nitrogen and oxygen atoms in total. The maximum atomic E-state index is 13.2. The lowest BCUT2D eigenvalue weighted by Crippen LogP contribution is -2.50. The first-order valence-corrected chi connectivity index (χ1v) is 10.8. The molecule has 0 heterocycles. The van der Waals surface area contributed by atoms with E-state index in [1.54, 1.807) is 44.2 Å². The SMILES string of the molecule is CC[C@@H](C)NC(=O)[C@H](C)N(Cc1cccc(C)c1)C(=O)COc1cc(OC)cc(OC)c1. The van der Waals surface area contributed by atoms with E-state index >= 15 is 0 Å². The fourth-order valence-electron chi connectivity index (χ4n) is 3.15. The van der Waals surface area contributed by atoms with Crippen LogP contribution in [-0.4, -0.2) is 49.6 Å². The number of carbonyl (C=O) groups is 2. The van der Waals surface area contributed by atoms with E-state index in [2.05, 4.69) is 5.32 Å². The molecule has 1 N–H and O–H groups in total. The first kappa shape index (κ1) is 25.0. The Morgan fingerprint density at radius 2 is 1.62 bits per heavy atom. The van der Waals surface area contributed by atoms with Gasteiger partial charge in [0.2, 0.25) is 5.91 Å². The Balaban J connectivity index is 2.20. The third-order valence-electron chi connectivity index (χ3n) is 5.29. The molecule has 7 heteroatoms. The van der Waals surface area contributed by atoms with Gasteiger partial charge in [-0.2, -0.15) is 0 Å². The molecule has 0 aliphatic rings. The summed E-state index contributed by atoms with van der Waals surface area (Å²) < 4.78 is 16.2. The quantitative estimate of drug-likeness (QED) is 0.574. The van der Waals surface area contributed by atoms with Crippen LogP contribution in [0.15, 0.2) is 42.5 Å². The van der Waals surface area contributed by atoms with Gasteiger partial charge in [-0.25, -0.2) is 0 Å². The lowest BCUT2D eigenvalue weighted by Gasteiger charge is -2.29. The van der Waals surface area contributed by atoms with Crippen LogP contribution in [0.2, 0.25) is 0 Å². The van der Waals surface area contributed by atoms with E-state index in [0.29, 0.717) is 23.8 Å². The number of aryl methyl sites for hydroxylation is 1. The largest absolute Gasteiger partial charge is 0.496 e. The van der Waals surface area contributed by atoms with Crippen molar-refractivity contribution in [3.8, 4) is 17.2 Å². The zero-order valence-electron chi connectivity index (χ0n) is 19.8. The van der Waals surface area contributed by atoms with E-state index in [4.69, 9.17) is 14.2 Å². The summed E-state index contributed by atoms with van der Waals surface area (Å²) in [6, 6.07) is 12.3. The number of nitrogens with zero attached hydrogens (tertiary/aromatic N) is 1. The lowest BCUT2D eigenvalue weighted by molar-refractivity contribution is -0.142. The molecule has 0 bridgehead atoms. The maximum absolute atomic E-state index is 13.2. The number of methoxy groups -OCH3 is 2. The van der Waals surface area contributed by atoms with Crippen molar-refractivity contribution >= 4 is 11.8 Å². The second-order valence-corrected chi connectivity index (χ2v) is 7.84. The first-order valence-electron chi connectivity index (χ1n) is 10.8. The number of ether oxygens (including phenoxy) is 3. The van der Waals surface area contributed by atoms with Crippen LogP contribution in [0.4, 0.5) is 0 Å². The van der Waals surface area contributed by atoms with Gasteiger partial charge in [0.05, 0.1) is 14.2 Å². The summed E-state index contributed by atoms with van der Waals surface area (Å²) in [4.78, 5) is 27.5. The number of hydrogen-bond donors (Lipinski definition) is 1. The monoisotopic (exact) mass is 442 g/mol. The molecule has 32 heavy (non-hydrogen) atoms. The predicted molar refractivity (Wildman–Crippen MR) is 124 cm³/mol. The van der Waals surface area contributed by atoms with Crippen LogP contribution in [-0.2, 0) is 16.1 Å². The molecule has 0 aliphatic carbocycles. The fraction of sp³-hybridized carbons (Fsp3) is 0.440. The van der Waals surface area contributed by atoms with Crippen molar-refractivity contribution in [1.29, 1.82) is 0 Å². The van der Waals surface area contributed by atoms with Gasteiger partial charge >= 0.3 is 0 Å². The summed E-state index contributed by atoms with van der Waals surface area (Å²) in [5.41, 5.74) is 2.04. The van der Waals surface area contributed by atoms with E-state index in [-0.39, 0.29) is 24.5 Å². The highest BCUT2D eigenvalue weighted by atomic mass is 16.5. The minimum Gasteiger partial charge on any atom is -0.496 e. The molecule has 0 radical (unpaired) electrons. The Morgan fingerprint density at radius 3 is 2.19 bits per heavy atom. The Labute approximate surface area is 190 Å². The second-order valence-electron chi connectivity index (χ2n) is 7.84. The smallest absolute Gasteiger partial charge is 0.261 e. The van der Waals surface area contributed by atoms with Crippen molar-refractivity contribution in [2.75, 3.05) is 20.8 Å². The van der Waals surface area contributed by atoms with E-state index in [9.17, 15) is 9.59 Å². The van der Waals surface area contributed by atoms with Crippen LogP contribution in [0.3, 0.4) is 0 Å². The van der Waals surface area contributed by atoms with Gasteiger partial charge in [-0.15, -0.1) is 0 Å². The molecule has 0 unspecified atom stereocenters. The Hall–Kier alpha value is -3.22. The van der Waals surface area contributed by atoms with Gasteiger partial charge in [-0.05, 0) is 32.8 Å². The predicted octanol–water partition coefficient (Wildman–Crippen LogP) is 3.72. The van der Waals surface area contributed by atoms with Gasteiger partial charge < -0.3 is 24.4 Å². The Morgan fingerprint density at radius 1 is 1.00 bits per heavy atom. The van der Waals surface area contributed by atoms with Crippen molar-refractivity contribution in [3.63, 3.8) is 0 Å². The van der Waals surface area contributed by atoms with Crippen LogP contribution in [0, 0.1) is 6.92 Å². The molecule has 2 amide bonds. The number of benzene rings is 2.